The Morgan fingerprint density at radius 2 is 1.09 bits per heavy atom. The number of fused-ring (bicyclic) bond motifs is 3. The van der Waals surface area contributed by atoms with Gasteiger partial charge in [-0.25, -0.2) is 4.98 Å². The van der Waals surface area contributed by atoms with Crippen LogP contribution in [0.3, 0.4) is 0 Å². The topological polar surface area (TPSA) is 38.2 Å². The van der Waals surface area contributed by atoms with E-state index in [0.717, 1.165) is 67.5 Å². The van der Waals surface area contributed by atoms with Gasteiger partial charge in [0.15, 0.2) is 0 Å². The van der Waals surface area contributed by atoms with E-state index < -0.39 is 5.41 Å². The molecule has 0 atom stereocenters. The summed E-state index contributed by atoms with van der Waals surface area (Å²) < 4.78 is 7.21. The van der Waals surface area contributed by atoms with E-state index in [0.29, 0.717) is 0 Å². The second-order valence-corrected chi connectivity index (χ2v) is 22.6. The molecule has 0 unspecified atom stereocenters. The molecule has 0 bridgehead atoms. The summed E-state index contributed by atoms with van der Waals surface area (Å²) in [6.07, 6.45) is 1.94. The maximum absolute atomic E-state index is 7.21. The van der Waals surface area contributed by atoms with Crippen molar-refractivity contribution in [1.29, 1.82) is 0 Å². The first kappa shape index (κ1) is 46.4. The molecular formula is C66H65N3O. The van der Waals surface area contributed by atoms with E-state index in [2.05, 4.69) is 246 Å². The van der Waals surface area contributed by atoms with Gasteiger partial charge in [-0.2, -0.15) is 0 Å². The third-order valence-corrected chi connectivity index (χ3v) is 14.3. The van der Waals surface area contributed by atoms with Crippen LogP contribution in [-0.2, 0) is 21.7 Å². The summed E-state index contributed by atoms with van der Waals surface area (Å²) in [4.78, 5) is 13.0. The standard InChI is InChI=1S/C66H65N3O/c1-42-34-43(2)62(44(3)35-42)47-36-46(58-30-23-45-18-13-14-21-57(45)68-58)37-54(38-47)70-53-20-17-19-51(39-53)66(61-22-15-16-33-67-61)55-40-49(64(7,8)9)26-31-59(55)69(52-28-24-48(25-29-52)63(4,5)6)60-32-27-50(41-56(60)66)65(10,11)12/h13-41H,1-12H3. The average Bonchev–Trinajstić information content (AvgIpc) is 3.32. The molecule has 0 amide bonds. The molecule has 2 aromatic heterocycles. The molecule has 9 aromatic rings. The van der Waals surface area contributed by atoms with Crippen molar-refractivity contribution in [1.82, 2.24) is 9.97 Å². The Labute approximate surface area is 416 Å². The minimum Gasteiger partial charge on any atom is -0.457 e. The lowest BCUT2D eigenvalue weighted by Crippen LogP contribution is -2.39. The maximum atomic E-state index is 7.21. The fourth-order valence-electron chi connectivity index (χ4n) is 10.7. The van der Waals surface area contributed by atoms with Gasteiger partial charge in [0.1, 0.15) is 11.5 Å². The van der Waals surface area contributed by atoms with Crippen LogP contribution in [0.2, 0.25) is 0 Å². The van der Waals surface area contributed by atoms with Gasteiger partial charge in [-0.3, -0.25) is 4.98 Å². The minimum absolute atomic E-state index is 0.0233. The molecule has 0 fully saturated rings. The predicted molar refractivity (Wildman–Crippen MR) is 294 cm³/mol. The summed E-state index contributed by atoms with van der Waals surface area (Å²) in [5.41, 5.74) is 19.3. The van der Waals surface area contributed by atoms with Gasteiger partial charge in [-0.15, -0.1) is 0 Å². The highest BCUT2D eigenvalue weighted by molar-refractivity contribution is 5.90. The fraction of sp³-hybridized carbons (Fsp3) is 0.242. The van der Waals surface area contributed by atoms with Crippen LogP contribution in [-0.4, -0.2) is 9.97 Å². The zero-order chi connectivity index (χ0) is 49.3. The van der Waals surface area contributed by atoms with Crippen molar-refractivity contribution in [3.8, 4) is 33.9 Å². The Bertz CT molecular complexity index is 3350. The molecule has 4 nitrogen and oxygen atoms in total. The summed E-state index contributed by atoms with van der Waals surface area (Å²) in [5, 5.41) is 1.11. The number of aryl methyl sites for hydroxylation is 3. The number of pyridine rings is 2. The smallest absolute Gasteiger partial charge is 0.128 e. The van der Waals surface area contributed by atoms with E-state index in [1.165, 1.54) is 50.1 Å². The second kappa shape index (κ2) is 17.3. The van der Waals surface area contributed by atoms with Crippen molar-refractivity contribution in [2.24, 2.45) is 0 Å². The molecule has 7 aromatic carbocycles. The van der Waals surface area contributed by atoms with Crippen LogP contribution in [0.5, 0.6) is 11.5 Å². The summed E-state index contributed by atoms with van der Waals surface area (Å²) in [7, 11) is 0. The highest BCUT2D eigenvalue weighted by atomic mass is 16.5. The van der Waals surface area contributed by atoms with Crippen molar-refractivity contribution < 1.29 is 4.74 Å². The lowest BCUT2D eigenvalue weighted by Gasteiger charge is -2.47. The third kappa shape index (κ3) is 8.38. The van der Waals surface area contributed by atoms with Gasteiger partial charge in [0.2, 0.25) is 0 Å². The van der Waals surface area contributed by atoms with E-state index in [1.807, 2.05) is 18.3 Å². The van der Waals surface area contributed by atoms with Gasteiger partial charge in [0.25, 0.3) is 0 Å². The van der Waals surface area contributed by atoms with Crippen LogP contribution in [0.4, 0.5) is 17.1 Å². The van der Waals surface area contributed by atoms with Gasteiger partial charge in [-0.05, 0) is 172 Å². The first-order valence-corrected chi connectivity index (χ1v) is 24.8. The quantitative estimate of drug-likeness (QED) is 0.160. The number of para-hydroxylation sites is 1. The maximum Gasteiger partial charge on any atom is 0.128 e. The SMILES string of the molecule is Cc1cc(C)c(-c2cc(Oc3cccc(C4(c5ccccn5)c5cc(C(C)(C)C)ccc5N(c5ccc(C(C)(C)C)cc5)c5ccc(C(C)(C)C)cc54)c3)cc(-c3ccc4ccccc4n3)c2)c(C)c1. The van der Waals surface area contributed by atoms with Crippen molar-refractivity contribution in [2.75, 3.05) is 4.90 Å². The van der Waals surface area contributed by atoms with E-state index in [1.54, 1.807) is 0 Å². The highest BCUT2D eigenvalue weighted by Gasteiger charge is 2.49. The van der Waals surface area contributed by atoms with Crippen LogP contribution in [0.15, 0.2) is 176 Å². The number of aromatic nitrogens is 2. The third-order valence-electron chi connectivity index (χ3n) is 14.3. The van der Waals surface area contributed by atoms with Crippen molar-refractivity contribution >= 4 is 28.0 Å². The van der Waals surface area contributed by atoms with E-state index in [-0.39, 0.29) is 16.2 Å². The van der Waals surface area contributed by atoms with Crippen LogP contribution >= 0.6 is 0 Å². The number of benzene rings is 7. The molecule has 0 saturated heterocycles. The molecule has 0 N–H and O–H groups in total. The lowest BCUT2D eigenvalue weighted by atomic mass is 9.62. The average molecular weight is 916 g/mol. The number of nitrogens with zero attached hydrogens (tertiary/aromatic N) is 3. The normalized spacial score (nSPS) is 13.5. The summed E-state index contributed by atoms with van der Waals surface area (Å²) in [5.74, 6) is 1.48. The zero-order valence-electron chi connectivity index (χ0n) is 43.0. The Hall–Kier alpha value is -7.30. The Morgan fingerprint density at radius 1 is 0.486 bits per heavy atom. The van der Waals surface area contributed by atoms with Gasteiger partial charge < -0.3 is 9.64 Å². The molecule has 0 spiro atoms. The molecule has 0 aliphatic carbocycles. The highest BCUT2D eigenvalue weighted by Crippen LogP contribution is 2.59. The summed E-state index contributed by atoms with van der Waals surface area (Å²) in [6, 6.07) is 62.2. The molecule has 10 rings (SSSR count). The van der Waals surface area contributed by atoms with Gasteiger partial charge in [-0.1, -0.05) is 159 Å². The van der Waals surface area contributed by atoms with Crippen LogP contribution < -0.4 is 9.64 Å². The molecule has 3 heterocycles. The molecule has 350 valence electrons. The van der Waals surface area contributed by atoms with Crippen molar-refractivity contribution in [3.63, 3.8) is 0 Å². The summed E-state index contributed by atoms with van der Waals surface area (Å²) in [6.45, 7) is 27.2. The van der Waals surface area contributed by atoms with Crippen LogP contribution in [0, 0.1) is 20.8 Å². The second-order valence-electron chi connectivity index (χ2n) is 22.6. The first-order valence-electron chi connectivity index (χ1n) is 24.8. The van der Waals surface area contributed by atoms with E-state index in [4.69, 9.17) is 14.7 Å². The fourth-order valence-corrected chi connectivity index (χ4v) is 10.7. The molecule has 4 heteroatoms. The predicted octanol–water partition coefficient (Wildman–Crippen LogP) is 17.7. The zero-order valence-corrected chi connectivity index (χ0v) is 43.0. The van der Waals surface area contributed by atoms with E-state index in [9.17, 15) is 0 Å². The minimum atomic E-state index is -0.853. The van der Waals surface area contributed by atoms with Gasteiger partial charge in [0, 0.05) is 22.8 Å². The Kier molecular flexibility index (Phi) is 11.5. The van der Waals surface area contributed by atoms with Gasteiger partial charge >= 0.3 is 0 Å². The molecule has 0 radical (unpaired) electrons. The van der Waals surface area contributed by atoms with Crippen molar-refractivity contribution in [2.45, 2.75) is 105 Å². The largest absolute Gasteiger partial charge is 0.457 e. The number of hydrogen-bond acceptors (Lipinski definition) is 4. The van der Waals surface area contributed by atoms with Crippen molar-refractivity contribution in [3.05, 3.63) is 232 Å². The molecule has 0 saturated carbocycles. The Balaban J connectivity index is 1.22. The first-order chi connectivity index (χ1) is 33.3. The lowest BCUT2D eigenvalue weighted by molar-refractivity contribution is 0.481. The molecular weight excluding hydrogens is 851 g/mol. The molecule has 70 heavy (non-hydrogen) atoms. The summed E-state index contributed by atoms with van der Waals surface area (Å²) >= 11 is 0. The van der Waals surface area contributed by atoms with Gasteiger partial charge in [0.05, 0.1) is 33.7 Å². The van der Waals surface area contributed by atoms with Crippen LogP contribution in [0.1, 0.15) is 118 Å². The van der Waals surface area contributed by atoms with Crippen LogP contribution in [0.25, 0.3) is 33.3 Å². The van der Waals surface area contributed by atoms with E-state index >= 15 is 0 Å². The molecule has 1 aliphatic rings. The monoisotopic (exact) mass is 916 g/mol. The molecule has 1 aliphatic heterocycles. The number of hydrogen-bond donors (Lipinski definition) is 0. The number of ether oxygens (including phenoxy) is 1. The number of anilines is 3. The number of rotatable bonds is 7. The Morgan fingerprint density at radius 3 is 1.70 bits per heavy atom.